The number of halogens is 1. The Balaban J connectivity index is 2.66. The van der Waals surface area contributed by atoms with E-state index in [1.165, 1.54) is 12.1 Å². The fourth-order valence-corrected chi connectivity index (χ4v) is 2.70. The number of sulfonamides is 1. The van der Waals surface area contributed by atoms with Crippen LogP contribution in [-0.2, 0) is 14.8 Å². The number of nitrogens with zero attached hydrogens (tertiary/aromatic N) is 1. The maximum absolute atomic E-state index is 12.0. The predicted molar refractivity (Wildman–Crippen MR) is 79.0 cm³/mol. The van der Waals surface area contributed by atoms with Crippen LogP contribution in [0.1, 0.15) is 19.8 Å². The summed E-state index contributed by atoms with van der Waals surface area (Å²) in [6, 6.07) is 3.34. The Morgan fingerprint density at radius 2 is 2.10 bits per heavy atom. The number of benzene rings is 1. The van der Waals surface area contributed by atoms with E-state index in [9.17, 15) is 18.5 Å². The number of ether oxygens (including phenoxy) is 1. The number of unbranched alkanes of at least 4 members (excludes halogenated alkanes) is 1. The van der Waals surface area contributed by atoms with E-state index in [-0.39, 0.29) is 23.1 Å². The molecule has 21 heavy (non-hydrogen) atoms. The molecule has 0 amide bonds. The highest BCUT2D eigenvalue weighted by Gasteiger charge is 2.20. The van der Waals surface area contributed by atoms with Gasteiger partial charge in [0.25, 0.3) is 5.69 Å². The number of hydrogen-bond donors (Lipinski definition) is 1. The Morgan fingerprint density at radius 3 is 2.71 bits per heavy atom. The van der Waals surface area contributed by atoms with Gasteiger partial charge in [0.15, 0.2) is 0 Å². The summed E-state index contributed by atoms with van der Waals surface area (Å²) in [5.41, 5.74) is -0.446. The molecular formula is C12H17ClN2O5S. The van der Waals surface area contributed by atoms with Crippen molar-refractivity contribution in [3.05, 3.63) is 33.3 Å². The fourth-order valence-electron chi connectivity index (χ4n) is 1.48. The molecule has 0 aromatic heterocycles. The monoisotopic (exact) mass is 336 g/mol. The van der Waals surface area contributed by atoms with Crippen molar-refractivity contribution in [3.63, 3.8) is 0 Å². The van der Waals surface area contributed by atoms with Crippen molar-refractivity contribution in [1.29, 1.82) is 0 Å². The number of nitrogens with one attached hydrogen (secondary N) is 1. The SMILES string of the molecule is CCCCOCCNS(=O)(=O)c1ccc(Cl)c([N+](=O)[O-])c1. The van der Waals surface area contributed by atoms with Crippen LogP contribution in [-0.4, -0.2) is 33.1 Å². The lowest BCUT2D eigenvalue weighted by molar-refractivity contribution is -0.384. The van der Waals surface area contributed by atoms with Gasteiger partial charge < -0.3 is 4.74 Å². The molecule has 0 atom stereocenters. The van der Waals surface area contributed by atoms with E-state index in [0.29, 0.717) is 6.61 Å². The molecule has 0 aliphatic carbocycles. The van der Waals surface area contributed by atoms with Crippen molar-refractivity contribution in [2.45, 2.75) is 24.7 Å². The van der Waals surface area contributed by atoms with E-state index < -0.39 is 20.6 Å². The Bertz CT molecular complexity index is 591. The molecule has 7 nitrogen and oxygen atoms in total. The Hall–Kier alpha value is -1.22. The van der Waals surface area contributed by atoms with E-state index in [1.54, 1.807) is 0 Å². The van der Waals surface area contributed by atoms with Gasteiger partial charge in [-0.15, -0.1) is 0 Å². The first kappa shape index (κ1) is 17.8. The van der Waals surface area contributed by atoms with Crippen LogP contribution in [0.5, 0.6) is 0 Å². The first-order chi connectivity index (χ1) is 9.88. The second kappa shape index (κ2) is 8.28. The number of nitro benzene ring substituents is 1. The molecule has 0 aliphatic heterocycles. The van der Waals surface area contributed by atoms with Crippen molar-refractivity contribution in [3.8, 4) is 0 Å². The third kappa shape index (κ3) is 5.58. The predicted octanol–water partition coefficient (Wildman–Crippen LogP) is 2.34. The zero-order valence-corrected chi connectivity index (χ0v) is 13.1. The van der Waals surface area contributed by atoms with E-state index in [1.807, 2.05) is 6.92 Å². The Labute approximate surface area is 128 Å². The summed E-state index contributed by atoms with van der Waals surface area (Å²) in [6.45, 7) is 2.95. The van der Waals surface area contributed by atoms with Crippen molar-refractivity contribution < 1.29 is 18.1 Å². The van der Waals surface area contributed by atoms with Gasteiger partial charge in [0.05, 0.1) is 16.4 Å². The average Bonchev–Trinajstić information content (AvgIpc) is 2.42. The molecule has 0 radical (unpaired) electrons. The molecule has 0 aliphatic rings. The molecule has 9 heteroatoms. The fraction of sp³-hybridized carbons (Fsp3) is 0.500. The number of nitro groups is 1. The highest BCUT2D eigenvalue weighted by atomic mass is 35.5. The lowest BCUT2D eigenvalue weighted by atomic mass is 10.3. The van der Waals surface area contributed by atoms with Gasteiger partial charge in [-0.1, -0.05) is 24.9 Å². The van der Waals surface area contributed by atoms with Crippen molar-refractivity contribution in [2.75, 3.05) is 19.8 Å². The molecule has 1 N–H and O–H groups in total. The zero-order valence-electron chi connectivity index (χ0n) is 11.5. The highest BCUT2D eigenvalue weighted by molar-refractivity contribution is 7.89. The van der Waals surface area contributed by atoms with Crippen LogP contribution < -0.4 is 4.72 Å². The van der Waals surface area contributed by atoms with Crippen LogP contribution in [0.3, 0.4) is 0 Å². The summed E-state index contributed by atoms with van der Waals surface area (Å²) in [5, 5.41) is 10.6. The molecule has 0 heterocycles. The smallest absolute Gasteiger partial charge is 0.289 e. The summed E-state index contributed by atoms with van der Waals surface area (Å²) in [5.74, 6) is 0. The quantitative estimate of drug-likeness (QED) is 0.424. The van der Waals surface area contributed by atoms with Gasteiger partial charge in [0, 0.05) is 19.2 Å². The minimum absolute atomic E-state index is 0.0997. The molecule has 1 aromatic carbocycles. The van der Waals surface area contributed by atoms with Crippen LogP contribution in [0.15, 0.2) is 23.1 Å². The van der Waals surface area contributed by atoms with E-state index in [2.05, 4.69) is 4.72 Å². The van der Waals surface area contributed by atoms with Gasteiger partial charge in [-0.3, -0.25) is 10.1 Å². The van der Waals surface area contributed by atoms with Gasteiger partial charge in [0.2, 0.25) is 10.0 Å². The standard InChI is InChI=1S/C12H17ClN2O5S/c1-2-3-7-20-8-6-14-21(18,19)10-4-5-11(13)12(9-10)15(16)17/h4-5,9,14H,2-3,6-8H2,1H3. The topological polar surface area (TPSA) is 98.5 Å². The first-order valence-electron chi connectivity index (χ1n) is 6.40. The van der Waals surface area contributed by atoms with E-state index >= 15 is 0 Å². The van der Waals surface area contributed by atoms with Gasteiger partial charge in [-0.25, -0.2) is 13.1 Å². The van der Waals surface area contributed by atoms with Crippen LogP contribution in [0.4, 0.5) is 5.69 Å². The summed E-state index contributed by atoms with van der Waals surface area (Å²) in [4.78, 5) is 9.82. The number of rotatable bonds is 9. The Kier molecular flexibility index (Phi) is 7.03. The van der Waals surface area contributed by atoms with Crippen molar-refractivity contribution in [2.24, 2.45) is 0 Å². The van der Waals surface area contributed by atoms with Gasteiger partial charge in [-0.2, -0.15) is 0 Å². The van der Waals surface area contributed by atoms with E-state index in [0.717, 1.165) is 18.9 Å². The summed E-state index contributed by atoms with van der Waals surface area (Å²) < 4.78 is 31.5. The highest BCUT2D eigenvalue weighted by Crippen LogP contribution is 2.26. The van der Waals surface area contributed by atoms with Crippen molar-refractivity contribution in [1.82, 2.24) is 4.72 Å². The lowest BCUT2D eigenvalue weighted by Crippen LogP contribution is -2.27. The molecule has 118 valence electrons. The second-order valence-electron chi connectivity index (χ2n) is 4.23. The summed E-state index contributed by atoms with van der Waals surface area (Å²) in [7, 11) is -3.82. The second-order valence-corrected chi connectivity index (χ2v) is 6.41. The molecular weight excluding hydrogens is 320 g/mol. The number of hydrogen-bond acceptors (Lipinski definition) is 5. The molecule has 0 saturated carbocycles. The molecule has 0 bridgehead atoms. The van der Waals surface area contributed by atoms with Gasteiger partial charge >= 0.3 is 0 Å². The lowest BCUT2D eigenvalue weighted by Gasteiger charge is -2.07. The average molecular weight is 337 g/mol. The van der Waals surface area contributed by atoms with Crippen LogP contribution >= 0.6 is 11.6 Å². The minimum Gasteiger partial charge on any atom is -0.380 e. The normalized spacial score (nSPS) is 11.5. The molecule has 0 spiro atoms. The first-order valence-corrected chi connectivity index (χ1v) is 8.26. The third-order valence-corrected chi connectivity index (χ3v) is 4.38. The molecule has 0 saturated heterocycles. The van der Waals surface area contributed by atoms with Crippen LogP contribution in [0.25, 0.3) is 0 Å². The summed E-state index contributed by atoms with van der Waals surface area (Å²) in [6.07, 6.45) is 1.91. The maximum Gasteiger partial charge on any atom is 0.289 e. The minimum atomic E-state index is -3.82. The molecule has 1 aromatic rings. The Morgan fingerprint density at radius 1 is 1.38 bits per heavy atom. The largest absolute Gasteiger partial charge is 0.380 e. The van der Waals surface area contributed by atoms with Crippen molar-refractivity contribution >= 4 is 27.3 Å². The summed E-state index contributed by atoms with van der Waals surface area (Å²) >= 11 is 5.64. The molecule has 0 unspecified atom stereocenters. The zero-order chi connectivity index (χ0) is 15.9. The van der Waals surface area contributed by atoms with Gasteiger partial charge in [-0.05, 0) is 18.6 Å². The van der Waals surface area contributed by atoms with E-state index in [4.69, 9.17) is 16.3 Å². The maximum atomic E-state index is 12.0. The molecule has 1 rings (SSSR count). The van der Waals surface area contributed by atoms with Crippen LogP contribution in [0.2, 0.25) is 5.02 Å². The molecule has 0 fully saturated rings. The van der Waals surface area contributed by atoms with Gasteiger partial charge in [0.1, 0.15) is 5.02 Å². The third-order valence-electron chi connectivity index (χ3n) is 2.61. The van der Waals surface area contributed by atoms with Crippen LogP contribution in [0, 0.1) is 10.1 Å².